The maximum Gasteiger partial charge on any atom is 0.271 e. The van der Waals surface area contributed by atoms with E-state index < -0.39 is 20.9 Å². The first kappa shape index (κ1) is 21.7. The molecular formula is C19H22N4O6S. The monoisotopic (exact) mass is 434 g/mol. The van der Waals surface area contributed by atoms with E-state index >= 15 is 0 Å². The van der Waals surface area contributed by atoms with E-state index in [0.29, 0.717) is 18.7 Å². The minimum Gasteiger partial charge on any atom is -0.495 e. The van der Waals surface area contributed by atoms with Crippen LogP contribution in [0, 0.1) is 23.0 Å². The summed E-state index contributed by atoms with van der Waals surface area (Å²) in [6, 6.07) is 8.65. The summed E-state index contributed by atoms with van der Waals surface area (Å²) >= 11 is 0. The van der Waals surface area contributed by atoms with Gasteiger partial charge in [0.15, 0.2) is 0 Å². The first-order chi connectivity index (χ1) is 14.2. The lowest BCUT2D eigenvalue weighted by atomic mass is 9.99. The quantitative estimate of drug-likeness (QED) is 0.545. The number of hydrogen-bond donors (Lipinski definition) is 1. The van der Waals surface area contributed by atoms with Gasteiger partial charge < -0.3 is 10.1 Å². The molecule has 1 saturated heterocycles. The molecule has 1 N–H and O–H groups in total. The molecule has 1 aromatic heterocycles. The van der Waals surface area contributed by atoms with Crippen LogP contribution < -0.4 is 10.1 Å². The van der Waals surface area contributed by atoms with Crippen LogP contribution in [0.15, 0.2) is 41.3 Å². The fourth-order valence-electron chi connectivity index (χ4n) is 3.34. The van der Waals surface area contributed by atoms with Crippen molar-refractivity contribution in [3.63, 3.8) is 0 Å². The van der Waals surface area contributed by atoms with Gasteiger partial charge in [0.05, 0.1) is 18.0 Å². The van der Waals surface area contributed by atoms with Gasteiger partial charge in [0.25, 0.3) is 5.69 Å². The summed E-state index contributed by atoms with van der Waals surface area (Å²) in [5.74, 6) is -0.476. The Morgan fingerprint density at radius 3 is 2.77 bits per heavy atom. The minimum absolute atomic E-state index is 0.0103. The first-order valence-electron chi connectivity index (χ1n) is 9.29. The van der Waals surface area contributed by atoms with Crippen molar-refractivity contribution in [1.29, 1.82) is 0 Å². The van der Waals surface area contributed by atoms with Crippen LogP contribution in [0.5, 0.6) is 5.75 Å². The number of methoxy groups -OCH3 is 1. The third-order valence-electron chi connectivity index (χ3n) is 4.87. The fraction of sp³-hybridized carbons (Fsp3) is 0.368. The van der Waals surface area contributed by atoms with Crippen molar-refractivity contribution in [2.24, 2.45) is 5.92 Å². The Bertz CT molecular complexity index is 1070. The number of ether oxygens (including phenoxy) is 1. The minimum atomic E-state index is -4.10. The zero-order valence-corrected chi connectivity index (χ0v) is 17.4. The van der Waals surface area contributed by atoms with Gasteiger partial charge >= 0.3 is 0 Å². The average molecular weight is 434 g/mol. The van der Waals surface area contributed by atoms with Gasteiger partial charge in [0.2, 0.25) is 15.9 Å². The van der Waals surface area contributed by atoms with Crippen LogP contribution in [0.4, 0.5) is 11.5 Å². The number of pyridine rings is 1. The van der Waals surface area contributed by atoms with Crippen molar-refractivity contribution in [1.82, 2.24) is 9.29 Å². The van der Waals surface area contributed by atoms with Crippen LogP contribution in [0.2, 0.25) is 0 Å². The van der Waals surface area contributed by atoms with Crippen molar-refractivity contribution in [2.75, 3.05) is 25.5 Å². The summed E-state index contributed by atoms with van der Waals surface area (Å²) in [4.78, 5) is 27.0. The highest BCUT2D eigenvalue weighted by atomic mass is 32.2. The standard InChI is InChI=1S/C19H22N4O6S/c1-13-5-3-7-18(20-13)21-19(24)14-6-4-10-22(12-14)30(27,28)17-11-15(23(25)26)8-9-16(17)29-2/h3,5,7-9,11,14H,4,6,10,12H2,1-2H3,(H,20,21,24). The first-order valence-corrected chi connectivity index (χ1v) is 10.7. The van der Waals surface area contributed by atoms with Crippen LogP contribution >= 0.6 is 0 Å². The van der Waals surface area contributed by atoms with E-state index in [1.165, 1.54) is 23.5 Å². The third-order valence-corrected chi connectivity index (χ3v) is 6.76. The van der Waals surface area contributed by atoms with E-state index in [1.54, 1.807) is 25.1 Å². The zero-order chi connectivity index (χ0) is 21.9. The molecular weight excluding hydrogens is 412 g/mol. The molecule has 1 aliphatic rings. The molecule has 1 fully saturated rings. The molecule has 11 heteroatoms. The number of nitro groups is 1. The molecule has 0 radical (unpaired) electrons. The zero-order valence-electron chi connectivity index (χ0n) is 16.6. The fourth-order valence-corrected chi connectivity index (χ4v) is 5.03. The van der Waals surface area contributed by atoms with E-state index in [4.69, 9.17) is 4.74 Å². The number of rotatable bonds is 6. The Balaban J connectivity index is 1.83. The number of piperidine rings is 1. The van der Waals surface area contributed by atoms with Crippen LogP contribution in [0.25, 0.3) is 0 Å². The smallest absolute Gasteiger partial charge is 0.271 e. The van der Waals surface area contributed by atoms with Crippen molar-refractivity contribution in [3.8, 4) is 5.75 Å². The molecule has 30 heavy (non-hydrogen) atoms. The van der Waals surface area contributed by atoms with Crippen molar-refractivity contribution in [3.05, 3.63) is 52.2 Å². The van der Waals surface area contributed by atoms with Crippen LogP contribution in [-0.4, -0.2) is 48.7 Å². The normalized spacial score (nSPS) is 17.3. The topological polar surface area (TPSA) is 132 Å². The highest BCUT2D eigenvalue weighted by Crippen LogP contribution is 2.32. The van der Waals surface area contributed by atoms with Crippen molar-refractivity contribution in [2.45, 2.75) is 24.7 Å². The number of benzene rings is 1. The molecule has 0 bridgehead atoms. The van der Waals surface area contributed by atoms with E-state index in [2.05, 4.69) is 10.3 Å². The number of aryl methyl sites for hydroxylation is 1. The van der Waals surface area contributed by atoms with Crippen LogP contribution in [0.1, 0.15) is 18.5 Å². The number of hydrogen-bond acceptors (Lipinski definition) is 7. The number of nitro benzene ring substituents is 1. The molecule has 1 aliphatic heterocycles. The van der Waals surface area contributed by atoms with Gasteiger partial charge in [-0.2, -0.15) is 4.31 Å². The molecule has 2 aromatic rings. The second kappa shape index (κ2) is 8.76. The van der Waals surface area contributed by atoms with Gasteiger partial charge in [-0.1, -0.05) is 6.07 Å². The van der Waals surface area contributed by atoms with E-state index in [1.807, 2.05) is 0 Å². The molecule has 0 aliphatic carbocycles. The molecule has 0 spiro atoms. The van der Waals surface area contributed by atoms with Crippen molar-refractivity contribution < 1.29 is 22.9 Å². The number of sulfonamides is 1. The lowest BCUT2D eigenvalue weighted by Crippen LogP contribution is -2.43. The Morgan fingerprint density at radius 1 is 1.33 bits per heavy atom. The number of nitrogens with zero attached hydrogens (tertiary/aromatic N) is 3. The summed E-state index contributed by atoms with van der Waals surface area (Å²) in [5, 5.41) is 13.8. The highest BCUT2D eigenvalue weighted by molar-refractivity contribution is 7.89. The van der Waals surface area contributed by atoms with Gasteiger partial charge in [-0.3, -0.25) is 14.9 Å². The molecule has 2 heterocycles. The Labute approximate surface area is 174 Å². The highest BCUT2D eigenvalue weighted by Gasteiger charge is 2.35. The number of amides is 1. The van der Waals surface area contributed by atoms with Crippen LogP contribution in [0.3, 0.4) is 0 Å². The third kappa shape index (κ3) is 4.57. The predicted octanol–water partition coefficient (Wildman–Crippen LogP) is 2.35. The molecule has 160 valence electrons. The number of carbonyl (C=O) groups excluding carboxylic acids is 1. The summed E-state index contributed by atoms with van der Waals surface area (Å²) in [7, 11) is -2.81. The van der Waals surface area contributed by atoms with Gasteiger partial charge in [0, 0.05) is 30.9 Å². The predicted molar refractivity (Wildman–Crippen MR) is 109 cm³/mol. The molecule has 1 unspecified atom stereocenters. The van der Waals surface area contributed by atoms with Crippen molar-refractivity contribution >= 4 is 27.4 Å². The molecule has 3 rings (SSSR count). The van der Waals surface area contributed by atoms with E-state index in [-0.39, 0.29) is 35.3 Å². The van der Waals surface area contributed by atoms with Gasteiger partial charge in [0.1, 0.15) is 16.5 Å². The van der Waals surface area contributed by atoms with Gasteiger partial charge in [-0.05, 0) is 38.0 Å². The van der Waals surface area contributed by atoms with Gasteiger partial charge in [-0.25, -0.2) is 13.4 Å². The number of nitrogens with one attached hydrogen (secondary N) is 1. The largest absolute Gasteiger partial charge is 0.495 e. The number of non-ortho nitro benzene ring substituents is 1. The lowest BCUT2D eigenvalue weighted by Gasteiger charge is -2.31. The lowest BCUT2D eigenvalue weighted by molar-refractivity contribution is -0.385. The van der Waals surface area contributed by atoms with Crippen LogP contribution in [-0.2, 0) is 14.8 Å². The SMILES string of the molecule is COc1ccc([N+](=O)[O-])cc1S(=O)(=O)N1CCCC(C(=O)Nc2cccc(C)n2)C1. The average Bonchev–Trinajstić information content (AvgIpc) is 2.73. The van der Waals surface area contributed by atoms with E-state index in [9.17, 15) is 23.3 Å². The van der Waals surface area contributed by atoms with E-state index in [0.717, 1.165) is 11.8 Å². The second-order valence-electron chi connectivity index (χ2n) is 6.95. The maximum atomic E-state index is 13.2. The Hall–Kier alpha value is -3.05. The van der Waals surface area contributed by atoms with Gasteiger partial charge in [-0.15, -0.1) is 0 Å². The summed E-state index contributed by atoms with van der Waals surface area (Å²) < 4.78 is 32.7. The summed E-state index contributed by atoms with van der Waals surface area (Å²) in [6.07, 6.45) is 1.01. The number of anilines is 1. The molecule has 1 aromatic carbocycles. The maximum absolute atomic E-state index is 13.2. The second-order valence-corrected chi connectivity index (χ2v) is 8.85. The Morgan fingerprint density at radius 2 is 2.10 bits per heavy atom. The molecule has 1 atom stereocenters. The molecule has 0 saturated carbocycles. The number of aromatic nitrogens is 1. The Kier molecular flexibility index (Phi) is 6.32. The number of carbonyl (C=O) groups is 1. The molecule has 1 amide bonds. The summed E-state index contributed by atoms with van der Waals surface area (Å²) in [5.41, 5.74) is 0.393. The summed E-state index contributed by atoms with van der Waals surface area (Å²) in [6.45, 7) is 1.98. The molecule has 10 nitrogen and oxygen atoms in total.